The maximum atomic E-state index is 5.53. The Morgan fingerprint density at radius 1 is 1.10 bits per heavy atom. The molecule has 0 saturated carbocycles. The molecule has 0 unspecified atom stereocenters. The molecule has 0 saturated heterocycles. The van der Waals surface area contributed by atoms with Gasteiger partial charge in [-0.25, -0.2) is 0 Å². The van der Waals surface area contributed by atoms with Crippen LogP contribution in [-0.4, -0.2) is 40.5 Å². The number of nitrogens with one attached hydrogen (secondary N) is 1. The van der Waals surface area contributed by atoms with Gasteiger partial charge in [0.05, 0.1) is 13.7 Å². The van der Waals surface area contributed by atoms with Crippen molar-refractivity contribution in [2.45, 2.75) is 6.42 Å². The van der Waals surface area contributed by atoms with Gasteiger partial charge in [0.25, 0.3) is 0 Å². The third kappa shape index (κ3) is 7.90. The average molecular weight is 300 g/mol. The SMILES string of the molecule is COCCCNCC#CCOc1ccccc1OC.Cl. The summed E-state index contributed by atoms with van der Waals surface area (Å²) < 4.78 is 15.7. The lowest BCUT2D eigenvalue weighted by Crippen LogP contribution is -2.16. The zero-order chi connectivity index (χ0) is 13.8. The van der Waals surface area contributed by atoms with E-state index >= 15 is 0 Å². The van der Waals surface area contributed by atoms with Gasteiger partial charge in [0, 0.05) is 13.7 Å². The molecule has 0 fully saturated rings. The highest BCUT2D eigenvalue weighted by molar-refractivity contribution is 5.85. The third-order valence-corrected chi connectivity index (χ3v) is 2.41. The van der Waals surface area contributed by atoms with Crippen LogP contribution in [0.2, 0.25) is 0 Å². The summed E-state index contributed by atoms with van der Waals surface area (Å²) in [6, 6.07) is 7.54. The number of rotatable bonds is 8. The van der Waals surface area contributed by atoms with Gasteiger partial charge in [-0.1, -0.05) is 24.0 Å². The Morgan fingerprint density at radius 2 is 1.85 bits per heavy atom. The maximum Gasteiger partial charge on any atom is 0.162 e. The van der Waals surface area contributed by atoms with E-state index < -0.39 is 0 Å². The van der Waals surface area contributed by atoms with Crippen molar-refractivity contribution < 1.29 is 14.2 Å². The van der Waals surface area contributed by atoms with Gasteiger partial charge in [0.15, 0.2) is 11.5 Å². The summed E-state index contributed by atoms with van der Waals surface area (Å²) in [6.45, 7) is 2.71. The van der Waals surface area contributed by atoms with E-state index in [2.05, 4.69) is 17.2 Å². The molecule has 1 N–H and O–H groups in total. The molecular formula is C15H22ClNO3. The van der Waals surface area contributed by atoms with E-state index in [4.69, 9.17) is 14.2 Å². The highest BCUT2D eigenvalue weighted by Gasteiger charge is 2.00. The zero-order valence-corrected chi connectivity index (χ0v) is 12.8. The van der Waals surface area contributed by atoms with Crippen LogP contribution < -0.4 is 14.8 Å². The molecule has 0 aromatic heterocycles. The Bertz CT molecular complexity index is 415. The van der Waals surface area contributed by atoms with Crippen molar-refractivity contribution in [2.24, 2.45) is 0 Å². The molecule has 0 bridgehead atoms. The molecule has 5 heteroatoms. The summed E-state index contributed by atoms with van der Waals surface area (Å²) in [7, 11) is 3.33. The van der Waals surface area contributed by atoms with E-state index in [9.17, 15) is 0 Å². The van der Waals surface area contributed by atoms with Crippen LogP contribution in [0.15, 0.2) is 24.3 Å². The van der Waals surface area contributed by atoms with Crippen LogP contribution in [0, 0.1) is 11.8 Å². The molecule has 0 aliphatic rings. The van der Waals surface area contributed by atoms with Gasteiger partial charge in [-0.2, -0.15) is 0 Å². The number of benzene rings is 1. The van der Waals surface area contributed by atoms with Crippen molar-refractivity contribution in [3.8, 4) is 23.3 Å². The highest BCUT2D eigenvalue weighted by atomic mass is 35.5. The van der Waals surface area contributed by atoms with Gasteiger partial charge in [-0.15, -0.1) is 12.4 Å². The predicted molar refractivity (Wildman–Crippen MR) is 82.9 cm³/mol. The molecule has 4 nitrogen and oxygen atoms in total. The summed E-state index contributed by atoms with van der Waals surface area (Å²) in [5.41, 5.74) is 0. The Balaban J connectivity index is 0.00000361. The molecule has 0 spiro atoms. The van der Waals surface area contributed by atoms with Crippen LogP contribution in [0.3, 0.4) is 0 Å². The topological polar surface area (TPSA) is 39.7 Å². The first-order valence-corrected chi connectivity index (χ1v) is 6.29. The van der Waals surface area contributed by atoms with Gasteiger partial charge in [-0.3, -0.25) is 0 Å². The van der Waals surface area contributed by atoms with Crippen LogP contribution in [-0.2, 0) is 4.74 Å². The van der Waals surface area contributed by atoms with Gasteiger partial charge in [-0.05, 0) is 25.1 Å². The van der Waals surface area contributed by atoms with Crippen molar-refractivity contribution in [1.29, 1.82) is 0 Å². The Hall–Kier alpha value is -1.41. The smallest absolute Gasteiger partial charge is 0.162 e. The van der Waals surface area contributed by atoms with Crippen molar-refractivity contribution in [2.75, 3.05) is 40.5 Å². The quantitative estimate of drug-likeness (QED) is 0.590. The van der Waals surface area contributed by atoms with Gasteiger partial charge >= 0.3 is 0 Å². The number of halogens is 1. The van der Waals surface area contributed by atoms with Crippen molar-refractivity contribution in [3.63, 3.8) is 0 Å². The van der Waals surface area contributed by atoms with E-state index in [1.54, 1.807) is 14.2 Å². The monoisotopic (exact) mass is 299 g/mol. The molecular weight excluding hydrogens is 278 g/mol. The number of para-hydroxylation sites is 2. The lowest BCUT2D eigenvalue weighted by atomic mass is 10.3. The van der Waals surface area contributed by atoms with Crippen LogP contribution >= 0.6 is 12.4 Å². The summed E-state index contributed by atoms with van der Waals surface area (Å²) >= 11 is 0. The molecule has 112 valence electrons. The second-order valence-electron chi connectivity index (χ2n) is 3.82. The summed E-state index contributed by atoms with van der Waals surface area (Å²) in [4.78, 5) is 0. The fourth-order valence-corrected chi connectivity index (χ4v) is 1.46. The third-order valence-electron chi connectivity index (χ3n) is 2.41. The Kier molecular flexibility index (Phi) is 11.7. The number of ether oxygens (including phenoxy) is 3. The molecule has 0 atom stereocenters. The fourth-order valence-electron chi connectivity index (χ4n) is 1.46. The van der Waals surface area contributed by atoms with E-state index in [0.717, 1.165) is 25.3 Å². The fraction of sp³-hybridized carbons (Fsp3) is 0.467. The van der Waals surface area contributed by atoms with Gasteiger partial charge in [0.2, 0.25) is 0 Å². The maximum absolute atomic E-state index is 5.53. The summed E-state index contributed by atoms with van der Waals surface area (Å²) in [5.74, 6) is 7.40. The number of hydrogen-bond donors (Lipinski definition) is 1. The highest BCUT2D eigenvalue weighted by Crippen LogP contribution is 2.25. The Labute approximate surface area is 127 Å². The average Bonchev–Trinajstić information content (AvgIpc) is 2.46. The lowest BCUT2D eigenvalue weighted by molar-refractivity contribution is 0.194. The van der Waals surface area contributed by atoms with Gasteiger partial charge < -0.3 is 19.5 Å². The van der Waals surface area contributed by atoms with E-state index in [0.29, 0.717) is 18.9 Å². The minimum Gasteiger partial charge on any atom is -0.493 e. The molecule has 1 rings (SSSR count). The van der Waals surface area contributed by atoms with Crippen molar-refractivity contribution in [1.82, 2.24) is 5.32 Å². The second kappa shape index (κ2) is 12.6. The largest absolute Gasteiger partial charge is 0.493 e. The Morgan fingerprint density at radius 3 is 2.55 bits per heavy atom. The molecule has 1 aromatic carbocycles. The van der Waals surface area contributed by atoms with Crippen molar-refractivity contribution >= 4 is 12.4 Å². The predicted octanol–water partition coefficient (Wildman–Crippen LogP) is 2.13. The standard InChI is InChI=1S/C15H21NO3.ClH/c1-17-12-7-11-16-10-5-6-13-19-15-9-4-3-8-14(15)18-2;/h3-4,8-9,16H,7,10-13H2,1-2H3;1H. The van der Waals surface area contributed by atoms with Gasteiger partial charge in [0.1, 0.15) is 6.61 Å². The van der Waals surface area contributed by atoms with Crippen LogP contribution in [0.5, 0.6) is 11.5 Å². The first-order chi connectivity index (χ1) is 9.38. The number of methoxy groups -OCH3 is 2. The molecule has 0 heterocycles. The zero-order valence-electron chi connectivity index (χ0n) is 12.0. The molecule has 0 radical (unpaired) electrons. The summed E-state index contributed by atoms with van der Waals surface area (Å²) in [5, 5.41) is 3.21. The second-order valence-corrected chi connectivity index (χ2v) is 3.82. The van der Waals surface area contributed by atoms with Crippen LogP contribution in [0.4, 0.5) is 0 Å². The van der Waals surface area contributed by atoms with Crippen LogP contribution in [0.1, 0.15) is 6.42 Å². The molecule has 20 heavy (non-hydrogen) atoms. The minimum atomic E-state index is 0. The van der Waals surface area contributed by atoms with E-state index in [1.165, 1.54) is 0 Å². The normalized spacial score (nSPS) is 9.10. The minimum absolute atomic E-state index is 0. The van der Waals surface area contributed by atoms with E-state index in [1.807, 2.05) is 24.3 Å². The lowest BCUT2D eigenvalue weighted by Gasteiger charge is -2.07. The van der Waals surface area contributed by atoms with Crippen molar-refractivity contribution in [3.05, 3.63) is 24.3 Å². The molecule has 0 aliphatic carbocycles. The first kappa shape index (κ1) is 18.6. The number of hydrogen-bond acceptors (Lipinski definition) is 4. The molecule has 1 aromatic rings. The van der Waals surface area contributed by atoms with E-state index in [-0.39, 0.29) is 12.4 Å². The first-order valence-electron chi connectivity index (χ1n) is 6.29. The molecule has 0 aliphatic heterocycles. The summed E-state index contributed by atoms with van der Waals surface area (Å²) in [6.07, 6.45) is 0.996. The molecule has 0 amide bonds. The van der Waals surface area contributed by atoms with Crippen LogP contribution in [0.25, 0.3) is 0 Å².